The van der Waals surface area contributed by atoms with E-state index in [2.05, 4.69) is 15.4 Å². The molecule has 2 amide bonds. The first-order valence-electron chi connectivity index (χ1n) is 11.0. The molecule has 0 aliphatic carbocycles. The van der Waals surface area contributed by atoms with Crippen LogP contribution in [0.3, 0.4) is 0 Å². The van der Waals surface area contributed by atoms with Crippen LogP contribution >= 0.6 is 11.3 Å². The quantitative estimate of drug-likeness (QED) is 0.457. The minimum Gasteiger partial charge on any atom is -0.335 e. The number of hydrogen-bond donors (Lipinski definition) is 1. The average Bonchev–Trinajstić information content (AvgIpc) is 3.55. The fourth-order valence-electron chi connectivity index (χ4n) is 4.04. The molecule has 3 heterocycles. The predicted octanol–water partition coefficient (Wildman–Crippen LogP) is 4.63. The summed E-state index contributed by atoms with van der Waals surface area (Å²) in [5, 5.41) is 9.27. The van der Waals surface area contributed by atoms with Crippen molar-refractivity contribution in [2.24, 2.45) is 5.92 Å². The molecule has 2 aromatic heterocycles. The molecule has 0 radical (unpaired) electrons. The third kappa shape index (κ3) is 4.60. The monoisotopic (exact) mass is 475 g/mol. The Balaban J connectivity index is 1.39. The van der Waals surface area contributed by atoms with Crippen LogP contribution in [0.4, 0.5) is 10.1 Å². The van der Waals surface area contributed by atoms with Gasteiger partial charge in [0.2, 0.25) is 11.7 Å². The van der Waals surface area contributed by atoms with Crippen LogP contribution in [0.2, 0.25) is 0 Å². The third-order valence-corrected chi connectivity index (χ3v) is 6.58. The van der Waals surface area contributed by atoms with Gasteiger partial charge in [-0.25, -0.2) is 14.1 Å². The van der Waals surface area contributed by atoms with Crippen molar-refractivity contribution in [1.29, 1.82) is 0 Å². The molecule has 2 aromatic carbocycles. The Kier molecular flexibility index (Phi) is 6.18. The molecule has 1 fully saturated rings. The molecule has 0 bridgehead atoms. The van der Waals surface area contributed by atoms with E-state index in [0.717, 1.165) is 10.6 Å². The summed E-state index contributed by atoms with van der Waals surface area (Å²) in [5.41, 5.74) is 1.21. The van der Waals surface area contributed by atoms with Gasteiger partial charge in [-0.2, -0.15) is 0 Å². The largest absolute Gasteiger partial charge is 0.335 e. The summed E-state index contributed by atoms with van der Waals surface area (Å²) >= 11 is 1.46. The van der Waals surface area contributed by atoms with Crippen LogP contribution in [0.1, 0.15) is 23.5 Å². The number of nitrogens with zero attached hydrogens (tertiary/aromatic N) is 4. The number of halogens is 1. The smallest absolute Gasteiger partial charge is 0.293 e. The van der Waals surface area contributed by atoms with Gasteiger partial charge >= 0.3 is 0 Å². The molecule has 7 nitrogen and oxygen atoms in total. The number of hydrogen-bond acceptors (Lipinski definition) is 5. The first-order valence-corrected chi connectivity index (χ1v) is 11.9. The number of benzene rings is 2. The highest BCUT2D eigenvalue weighted by molar-refractivity contribution is 7.13. The second-order valence-corrected chi connectivity index (χ2v) is 9.02. The Morgan fingerprint density at radius 1 is 1.06 bits per heavy atom. The van der Waals surface area contributed by atoms with Crippen molar-refractivity contribution < 1.29 is 14.0 Å². The highest BCUT2D eigenvalue weighted by Gasteiger charge is 2.31. The third-order valence-electron chi connectivity index (χ3n) is 5.71. The number of nitrogens with one attached hydrogen (secondary N) is 1. The molecule has 1 saturated heterocycles. The topological polar surface area (TPSA) is 80.1 Å². The Morgan fingerprint density at radius 2 is 1.91 bits per heavy atom. The maximum Gasteiger partial charge on any atom is 0.293 e. The Labute approximate surface area is 199 Å². The Hall–Kier alpha value is -3.85. The number of rotatable bonds is 5. The molecular formula is C25H22FN5O2S. The molecule has 0 saturated carbocycles. The zero-order chi connectivity index (χ0) is 23.5. The van der Waals surface area contributed by atoms with Crippen molar-refractivity contribution >= 4 is 28.8 Å². The second-order valence-electron chi connectivity index (χ2n) is 8.07. The minimum atomic E-state index is -0.402. The number of carbonyl (C=O) groups excluding carboxylic acids is 2. The zero-order valence-corrected chi connectivity index (χ0v) is 19.0. The van der Waals surface area contributed by atoms with E-state index in [0.29, 0.717) is 37.4 Å². The number of para-hydroxylation sites is 1. The molecule has 1 aliphatic heterocycles. The van der Waals surface area contributed by atoms with Crippen molar-refractivity contribution in [3.8, 4) is 16.4 Å². The van der Waals surface area contributed by atoms with E-state index < -0.39 is 5.82 Å². The van der Waals surface area contributed by atoms with E-state index in [4.69, 9.17) is 0 Å². The van der Waals surface area contributed by atoms with Crippen molar-refractivity contribution in [3.05, 3.63) is 83.8 Å². The van der Waals surface area contributed by atoms with Crippen LogP contribution in [0.25, 0.3) is 16.4 Å². The Morgan fingerprint density at radius 3 is 2.68 bits per heavy atom. The van der Waals surface area contributed by atoms with Gasteiger partial charge in [-0.1, -0.05) is 30.3 Å². The van der Waals surface area contributed by atoms with E-state index in [9.17, 15) is 14.0 Å². The lowest BCUT2D eigenvalue weighted by molar-refractivity contribution is -0.121. The van der Waals surface area contributed by atoms with Crippen LogP contribution in [-0.2, 0) is 4.79 Å². The number of carbonyl (C=O) groups is 2. The fourth-order valence-corrected chi connectivity index (χ4v) is 4.74. The zero-order valence-electron chi connectivity index (χ0n) is 18.2. The van der Waals surface area contributed by atoms with E-state index in [1.165, 1.54) is 28.2 Å². The number of aromatic nitrogens is 3. The van der Waals surface area contributed by atoms with Gasteiger partial charge in [0.25, 0.3) is 5.91 Å². The average molecular weight is 476 g/mol. The molecule has 0 spiro atoms. The minimum absolute atomic E-state index is 0.0248. The summed E-state index contributed by atoms with van der Waals surface area (Å²) in [6.45, 7) is 0.817. The number of anilines is 1. The highest BCUT2D eigenvalue weighted by Crippen LogP contribution is 2.27. The summed E-state index contributed by atoms with van der Waals surface area (Å²) < 4.78 is 15.4. The van der Waals surface area contributed by atoms with Gasteiger partial charge in [0.15, 0.2) is 5.82 Å². The van der Waals surface area contributed by atoms with Gasteiger partial charge < -0.3 is 10.2 Å². The van der Waals surface area contributed by atoms with Crippen LogP contribution < -0.4 is 5.32 Å². The van der Waals surface area contributed by atoms with Crippen molar-refractivity contribution in [1.82, 2.24) is 19.7 Å². The van der Waals surface area contributed by atoms with Crippen molar-refractivity contribution in [2.45, 2.75) is 12.8 Å². The van der Waals surface area contributed by atoms with E-state index in [1.54, 1.807) is 17.0 Å². The van der Waals surface area contributed by atoms with Crippen LogP contribution in [0.5, 0.6) is 0 Å². The number of likely N-dealkylation sites (tertiary alicyclic amines) is 1. The first-order chi connectivity index (χ1) is 16.6. The SMILES string of the molecule is O=C(Nc1ccccc1)C1CCCN(C(=O)c2nc(-c3cccs3)n(-c3cccc(F)c3)n2)C1. The molecule has 4 aromatic rings. The number of piperidine rings is 1. The van der Waals surface area contributed by atoms with Crippen LogP contribution in [0, 0.1) is 11.7 Å². The molecule has 1 N–H and O–H groups in total. The molecule has 5 rings (SSSR count). The lowest BCUT2D eigenvalue weighted by Gasteiger charge is -2.31. The summed E-state index contributed by atoms with van der Waals surface area (Å²) in [4.78, 5) is 33.1. The first kappa shape index (κ1) is 22.0. The fraction of sp³-hybridized carbons (Fsp3) is 0.200. The standard InChI is InChI=1S/C25H22FN5O2S/c26-18-8-4-11-20(15-18)31-23(21-12-6-14-34-21)28-22(29-31)25(33)30-13-5-7-17(16-30)24(32)27-19-9-2-1-3-10-19/h1-4,6,8-12,14-15,17H,5,7,13,16H2,(H,27,32). The van der Waals surface area contributed by atoms with Gasteiger partial charge in [-0.05, 0) is 54.6 Å². The summed E-state index contributed by atoms with van der Waals surface area (Å²) in [6, 6.07) is 19.0. The van der Waals surface area contributed by atoms with E-state index in [1.807, 2.05) is 47.8 Å². The summed E-state index contributed by atoms with van der Waals surface area (Å²) in [7, 11) is 0. The second kappa shape index (κ2) is 9.56. The molecular weight excluding hydrogens is 453 g/mol. The maximum atomic E-state index is 13.9. The van der Waals surface area contributed by atoms with Gasteiger partial charge in [-0.3, -0.25) is 9.59 Å². The molecule has 172 valence electrons. The summed E-state index contributed by atoms with van der Waals surface area (Å²) in [5.74, 6) is -0.677. The normalized spacial score (nSPS) is 15.8. The van der Waals surface area contributed by atoms with Gasteiger partial charge in [0.1, 0.15) is 5.82 Å². The maximum absolute atomic E-state index is 13.9. The van der Waals surface area contributed by atoms with Crippen molar-refractivity contribution in [2.75, 3.05) is 18.4 Å². The molecule has 34 heavy (non-hydrogen) atoms. The predicted molar refractivity (Wildman–Crippen MR) is 128 cm³/mol. The van der Waals surface area contributed by atoms with Gasteiger partial charge in [0.05, 0.1) is 16.5 Å². The number of thiophene rings is 1. The highest BCUT2D eigenvalue weighted by atomic mass is 32.1. The van der Waals surface area contributed by atoms with Crippen molar-refractivity contribution in [3.63, 3.8) is 0 Å². The summed E-state index contributed by atoms with van der Waals surface area (Å²) in [6.07, 6.45) is 1.41. The van der Waals surface area contributed by atoms with Gasteiger partial charge in [-0.15, -0.1) is 16.4 Å². The number of amides is 2. The Bertz CT molecular complexity index is 1310. The molecule has 1 atom stereocenters. The molecule has 1 unspecified atom stereocenters. The lowest BCUT2D eigenvalue weighted by atomic mass is 9.97. The van der Waals surface area contributed by atoms with E-state index >= 15 is 0 Å². The molecule has 9 heteroatoms. The van der Waals surface area contributed by atoms with Crippen LogP contribution in [-0.4, -0.2) is 44.6 Å². The molecule has 1 aliphatic rings. The van der Waals surface area contributed by atoms with Crippen LogP contribution in [0.15, 0.2) is 72.1 Å². The van der Waals surface area contributed by atoms with E-state index in [-0.39, 0.29) is 23.6 Å². The lowest BCUT2D eigenvalue weighted by Crippen LogP contribution is -2.44. The van der Waals surface area contributed by atoms with Gasteiger partial charge in [0, 0.05) is 18.8 Å².